The first kappa shape index (κ1) is 16.6. The summed E-state index contributed by atoms with van der Waals surface area (Å²) in [5.74, 6) is 0.0309. The Morgan fingerprint density at radius 1 is 0.923 bits per heavy atom. The van der Waals surface area contributed by atoms with Gasteiger partial charge in [-0.25, -0.2) is 0 Å². The van der Waals surface area contributed by atoms with Crippen LogP contribution >= 0.6 is 11.6 Å². The van der Waals surface area contributed by atoms with Crippen molar-refractivity contribution < 1.29 is 9.37 Å². The van der Waals surface area contributed by atoms with Gasteiger partial charge in [0, 0.05) is 29.8 Å². The summed E-state index contributed by atoms with van der Waals surface area (Å²) in [5, 5.41) is 0.646. The Balaban J connectivity index is 2.10. The summed E-state index contributed by atoms with van der Waals surface area (Å²) in [6.45, 7) is 0.261. The van der Waals surface area contributed by atoms with Crippen LogP contribution in [-0.2, 0) is 4.79 Å². The highest BCUT2D eigenvalue weighted by Crippen LogP contribution is 2.30. The zero-order chi connectivity index (χ0) is 18.1. The third kappa shape index (κ3) is 2.91. The fourth-order valence-corrected chi connectivity index (χ4v) is 3.50. The fraction of sp³-hybridized carbons (Fsp3) is 0.0909. The van der Waals surface area contributed by atoms with Crippen LogP contribution in [0, 0.1) is 0 Å². The molecule has 1 heterocycles. The van der Waals surface area contributed by atoms with Crippen molar-refractivity contribution in [1.82, 2.24) is 0 Å². The Bertz CT molecular complexity index is 997. The summed E-state index contributed by atoms with van der Waals surface area (Å²) in [7, 11) is 1.81. The van der Waals surface area contributed by atoms with E-state index in [1.54, 1.807) is 4.90 Å². The summed E-state index contributed by atoms with van der Waals surface area (Å²) < 4.78 is 2.07. The minimum absolute atomic E-state index is 0.0309. The van der Waals surface area contributed by atoms with E-state index in [4.69, 9.17) is 11.6 Å². The average molecular weight is 362 g/mol. The van der Waals surface area contributed by atoms with Gasteiger partial charge in [0.2, 0.25) is 17.9 Å². The Hall–Kier alpha value is -2.91. The molecule has 4 rings (SSSR count). The summed E-state index contributed by atoms with van der Waals surface area (Å²) in [6.07, 6.45) is 0. The van der Waals surface area contributed by atoms with Crippen LogP contribution in [0.5, 0.6) is 0 Å². The zero-order valence-electron chi connectivity index (χ0n) is 14.4. The van der Waals surface area contributed by atoms with Crippen LogP contribution in [0.4, 0.5) is 11.4 Å². The van der Waals surface area contributed by atoms with E-state index in [1.165, 1.54) is 0 Å². The molecule has 128 valence electrons. The number of benzene rings is 3. The number of hydrogen-bond acceptors (Lipinski definition) is 1. The molecule has 0 aromatic heterocycles. The molecule has 0 saturated heterocycles. The molecule has 0 saturated carbocycles. The van der Waals surface area contributed by atoms with Crippen molar-refractivity contribution in [3.05, 3.63) is 95.0 Å². The molecule has 3 aromatic carbocycles. The number of halogens is 1. The highest BCUT2D eigenvalue weighted by atomic mass is 35.5. The molecule has 3 nitrogen and oxygen atoms in total. The van der Waals surface area contributed by atoms with Gasteiger partial charge in [0.05, 0.1) is 11.3 Å². The Labute approximate surface area is 157 Å². The molecule has 0 aliphatic carbocycles. The van der Waals surface area contributed by atoms with Gasteiger partial charge in [0.15, 0.2) is 0 Å². The molecule has 0 N–H and O–H groups in total. The first-order valence-electron chi connectivity index (χ1n) is 8.46. The number of amides is 1. The molecule has 1 aliphatic rings. The lowest BCUT2D eigenvalue weighted by Crippen LogP contribution is -2.31. The molecule has 0 fully saturated rings. The molecule has 4 heteroatoms. The second-order valence-corrected chi connectivity index (χ2v) is 6.69. The second-order valence-electron chi connectivity index (χ2n) is 6.25. The molecule has 0 radical (unpaired) electrons. The van der Waals surface area contributed by atoms with Gasteiger partial charge in [0.1, 0.15) is 0 Å². The van der Waals surface area contributed by atoms with Gasteiger partial charge in [-0.15, -0.1) is 0 Å². The normalized spacial score (nSPS) is 14.2. The predicted octanol–water partition coefficient (Wildman–Crippen LogP) is 4.50. The third-order valence-electron chi connectivity index (χ3n) is 4.63. The van der Waals surface area contributed by atoms with E-state index in [1.807, 2.05) is 73.8 Å². The van der Waals surface area contributed by atoms with Gasteiger partial charge in [-0.3, -0.25) is 4.79 Å². The monoisotopic (exact) mass is 361 g/mol. The number of benzodiazepines with no additional fused rings is 1. The number of para-hydroxylation sites is 1. The van der Waals surface area contributed by atoms with E-state index < -0.39 is 0 Å². The minimum atomic E-state index is 0.0309. The lowest BCUT2D eigenvalue weighted by Gasteiger charge is -2.16. The molecule has 0 unspecified atom stereocenters. The van der Waals surface area contributed by atoms with Gasteiger partial charge in [-0.05, 0) is 30.3 Å². The number of fused-ring (bicyclic) bond motifs is 1. The number of likely N-dealkylation sites (N-methyl/N-ethyl adjacent to an activating group) is 1. The highest BCUT2D eigenvalue weighted by molar-refractivity contribution is 6.31. The van der Waals surface area contributed by atoms with Gasteiger partial charge < -0.3 is 4.90 Å². The molecule has 0 bridgehead atoms. The molecule has 0 spiro atoms. The van der Waals surface area contributed by atoms with Crippen LogP contribution in [0.2, 0.25) is 5.02 Å². The smallest absolute Gasteiger partial charge is 0.292 e. The SMILES string of the molecule is CN1C(=O)C[N+](c2ccccc2)=C(c2ccccc2)c2cc(Cl)ccc21. The Morgan fingerprint density at radius 3 is 2.27 bits per heavy atom. The molecule has 0 atom stereocenters. The number of carbonyl (C=O) groups is 1. The Kier molecular flexibility index (Phi) is 4.31. The topological polar surface area (TPSA) is 23.3 Å². The van der Waals surface area contributed by atoms with Crippen LogP contribution in [0.25, 0.3) is 0 Å². The van der Waals surface area contributed by atoms with Crippen molar-refractivity contribution in [1.29, 1.82) is 0 Å². The minimum Gasteiger partial charge on any atom is -0.309 e. The molecule has 3 aromatic rings. The molecular weight excluding hydrogens is 344 g/mol. The van der Waals surface area contributed by atoms with E-state index >= 15 is 0 Å². The largest absolute Gasteiger partial charge is 0.309 e. The maximum absolute atomic E-state index is 12.9. The summed E-state index contributed by atoms with van der Waals surface area (Å²) in [5.41, 5.74) is 4.80. The first-order valence-corrected chi connectivity index (χ1v) is 8.84. The maximum Gasteiger partial charge on any atom is 0.292 e. The van der Waals surface area contributed by atoms with Gasteiger partial charge in [0.25, 0.3) is 5.91 Å². The molecular formula is C22H18ClN2O+. The van der Waals surface area contributed by atoms with Crippen molar-refractivity contribution >= 4 is 34.6 Å². The molecule has 1 aliphatic heterocycles. The van der Waals surface area contributed by atoms with Crippen molar-refractivity contribution in [2.24, 2.45) is 0 Å². The van der Waals surface area contributed by atoms with E-state index in [0.29, 0.717) is 5.02 Å². The summed E-state index contributed by atoms with van der Waals surface area (Å²) >= 11 is 6.33. The van der Waals surface area contributed by atoms with Crippen LogP contribution < -0.4 is 4.90 Å². The van der Waals surface area contributed by atoms with Crippen LogP contribution in [0.3, 0.4) is 0 Å². The maximum atomic E-state index is 12.9. The van der Waals surface area contributed by atoms with E-state index in [9.17, 15) is 4.79 Å². The zero-order valence-corrected chi connectivity index (χ0v) is 15.1. The van der Waals surface area contributed by atoms with Gasteiger partial charge in [-0.1, -0.05) is 48.0 Å². The van der Waals surface area contributed by atoms with Crippen molar-refractivity contribution in [3.8, 4) is 0 Å². The van der Waals surface area contributed by atoms with Crippen LogP contribution in [-0.4, -0.2) is 29.8 Å². The van der Waals surface area contributed by atoms with Gasteiger partial charge >= 0.3 is 0 Å². The first-order chi connectivity index (χ1) is 12.6. The predicted molar refractivity (Wildman–Crippen MR) is 106 cm³/mol. The van der Waals surface area contributed by atoms with Crippen molar-refractivity contribution in [2.75, 3.05) is 18.5 Å². The lowest BCUT2D eigenvalue weighted by molar-refractivity contribution is -0.426. The number of rotatable bonds is 2. The molecule has 1 amide bonds. The quantitative estimate of drug-likeness (QED) is 0.616. The van der Waals surface area contributed by atoms with E-state index in [-0.39, 0.29) is 12.5 Å². The molecule has 26 heavy (non-hydrogen) atoms. The number of carbonyl (C=O) groups excluding carboxylic acids is 1. The summed E-state index contributed by atoms with van der Waals surface area (Å²) in [4.78, 5) is 14.6. The van der Waals surface area contributed by atoms with Crippen LogP contribution in [0.15, 0.2) is 78.9 Å². The second kappa shape index (κ2) is 6.77. The fourth-order valence-electron chi connectivity index (χ4n) is 3.33. The number of nitrogens with zero attached hydrogens (tertiary/aromatic N) is 2. The lowest BCUT2D eigenvalue weighted by atomic mass is 9.99. The van der Waals surface area contributed by atoms with Crippen molar-refractivity contribution in [3.63, 3.8) is 0 Å². The highest BCUT2D eigenvalue weighted by Gasteiger charge is 2.33. The number of hydrogen-bond donors (Lipinski definition) is 0. The van der Waals surface area contributed by atoms with Gasteiger partial charge in [-0.2, -0.15) is 4.58 Å². The van der Waals surface area contributed by atoms with Crippen LogP contribution in [0.1, 0.15) is 11.1 Å². The summed E-state index contributed by atoms with van der Waals surface area (Å²) in [6, 6.07) is 25.8. The van der Waals surface area contributed by atoms with E-state index in [0.717, 1.165) is 28.2 Å². The standard InChI is InChI=1S/C22H18ClN2O/c1-24-20-13-12-17(23)14-19(20)22(16-8-4-2-5-9-16)25(15-21(24)26)18-10-6-3-7-11-18/h2-14H,15H2,1H3/q+1. The third-order valence-corrected chi connectivity index (χ3v) is 4.86. The van der Waals surface area contributed by atoms with Crippen molar-refractivity contribution in [2.45, 2.75) is 0 Å². The number of anilines is 1. The Morgan fingerprint density at radius 2 is 1.58 bits per heavy atom. The average Bonchev–Trinajstić information content (AvgIpc) is 2.78. The van der Waals surface area contributed by atoms with E-state index in [2.05, 4.69) is 16.7 Å².